The number of ether oxygens (including phenoxy) is 2. The Hall–Kier alpha value is -3.30. The van der Waals surface area contributed by atoms with Crippen LogP contribution in [-0.2, 0) is 4.74 Å². The molecule has 0 spiro atoms. The zero-order chi connectivity index (χ0) is 26.9. The highest BCUT2D eigenvalue weighted by Gasteiger charge is 2.26. The molecule has 2 aliphatic rings. The number of H-pyrrole nitrogens is 1. The maximum atomic E-state index is 5.60. The van der Waals surface area contributed by atoms with E-state index in [0.717, 1.165) is 47.3 Å². The molecule has 6 rings (SSSR count). The number of pyridine rings is 2. The molecular weight excluding hydrogens is 490 g/mol. The van der Waals surface area contributed by atoms with Gasteiger partial charge >= 0.3 is 0 Å². The van der Waals surface area contributed by atoms with Gasteiger partial charge in [-0.05, 0) is 80.6 Å². The highest BCUT2D eigenvalue weighted by atomic mass is 16.5. The summed E-state index contributed by atoms with van der Waals surface area (Å²) in [5.41, 5.74) is 8.11. The summed E-state index contributed by atoms with van der Waals surface area (Å²) in [7, 11) is 1.65. The maximum Gasteiger partial charge on any atom is 0.197 e. The largest absolute Gasteiger partial charge is 0.493 e. The molecule has 206 valence electrons. The van der Waals surface area contributed by atoms with Gasteiger partial charge < -0.3 is 14.4 Å². The number of hydrogen-bond donors (Lipinski definition) is 1. The van der Waals surface area contributed by atoms with Gasteiger partial charge in [-0.3, -0.25) is 10.1 Å². The lowest BCUT2D eigenvalue weighted by atomic mass is 9.88. The number of nitrogens with zero attached hydrogens (tertiary/aromatic N) is 6. The zero-order valence-electron chi connectivity index (χ0n) is 23.5. The van der Waals surface area contributed by atoms with Crippen LogP contribution in [0, 0.1) is 12.8 Å². The lowest BCUT2D eigenvalue weighted by molar-refractivity contribution is 0.0488. The summed E-state index contributed by atoms with van der Waals surface area (Å²) in [6.45, 7) is 12.0. The minimum Gasteiger partial charge on any atom is -0.493 e. The van der Waals surface area contributed by atoms with Crippen LogP contribution in [0.2, 0.25) is 0 Å². The fraction of sp³-hybridized carbons (Fsp3) is 0.533. The molecule has 0 radical (unpaired) electrons. The van der Waals surface area contributed by atoms with Crippen molar-refractivity contribution in [3.63, 3.8) is 0 Å². The number of hydrogen-bond acceptors (Lipinski definition) is 7. The number of methoxy groups -OCH3 is 1. The molecule has 9 nitrogen and oxygen atoms in total. The predicted octanol–water partition coefficient (Wildman–Crippen LogP) is 5.23. The number of aromatic amines is 1. The molecule has 0 unspecified atom stereocenters. The molecule has 2 aliphatic heterocycles. The van der Waals surface area contributed by atoms with E-state index >= 15 is 0 Å². The summed E-state index contributed by atoms with van der Waals surface area (Å²) in [6, 6.07) is 4.33. The molecule has 0 saturated carbocycles. The van der Waals surface area contributed by atoms with Crippen LogP contribution in [-0.4, -0.2) is 74.6 Å². The second-order valence-corrected chi connectivity index (χ2v) is 11.4. The molecule has 2 saturated heterocycles. The predicted molar refractivity (Wildman–Crippen MR) is 151 cm³/mol. The standard InChI is InChI=1S/C30H39N7O2/c1-19(2)26-28(24-14-25(38-4)30-32-18-33-37(30)17-24)34-35-29(26)27-20(3)13-23(15-31-27)22-5-9-36(10-6-22)16-21-7-11-39-12-8-21/h13-15,17-19,21-22H,5-12,16H2,1-4H3,(H,34,35). The third kappa shape index (κ3) is 5.17. The first-order chi connectivity index (χ1) is 19.0. The Labute approximate surface area is 230 Å². The summed E-state index contributed by atoms with van der Waals surface area (Å²) in [5, 5.41) is 12.4. The van der Waals surface area contributed by atoms with Crippen LogP contribution < -0.4 is 4.74 Å². The van der Waals surface area contributed by atoms with Gasteiger partial charge in [0.05, 0.1) is 18.5 Å². The minimum absolute atomic E-state index is 0.243. The number of piperidine rings is 1. The molecular formula is C30H39N7O2. The van der Waals surface area contributed by atoms with Gasteiger partial charge in [0.2, 0.25) is 0 Å². The monoisotopic (exact) mass is 529 g/mol. The van der Waals surface area contributed by atoms with Crippen LogP contribution in [0.3, 0.4) is 0 Å². The number of likely N-dealkylation sites (tertiary alicyclic amines) is 1. The average molecular weight is 530 g/mol. The molecule has 0 amide bonds. The van der Waals surface area contributed by atoms with Crippen molar-refractivity contribution in [3.8, 4) is 28.4 Å². The lowest BCUT2D eigenvalue weighted by Gasteiger charge is -2.35. The van der Waals surface area contributed by atoms with Crippen LogP contribution in [0.1, 0.15) is 68.1 Å². The van der Waals surface area contributed by atoms with Gasteiger partial charge in [0.1, 0.15) is 12.0 Å². The van der Waals surface area contributed by atoms with Crippen LogP contribution in [0.15, 0.2) is 30.9 Å². The summed E-state index contributed by atoms with van der Waals surface area (Å²) < 4.78 is 12.9. The van der Waals surface area contributed by atoms with E-state index < -0.39 is 0 Å². The second-order valence-electron chi connectivity index (χ2n) is 11.4. The Morgan fingerprint density at radius 3 is 2.59 bits per heavy atom. The fourth-order valence-electron chi connectivity index (χ4n) is 6.31. The average Bonchev–Trinajstić information content (AvgIpc) is 3.61. The fourth-order valence-corrected chi connectivity index (χ4v) is 6.31. The Kier molecular flexibility index (Phi) is 7.36. The van der Waals surface area contributed by atoms with Crippen molar-refractivity contribution in [1.29, 1.82) is 0 Å². The summed E-state index contributed by atoms with van der Waals surface area (Å²) in [4.78, 5) is 12.0. The number of fused-ring (bicyclic) bond motifs is 1. The molecule has 4 aromatic rings. The first-order valence-corrected chi connectivity index (χ1v) is 14.2. The quantitative estimate of drug-likeness (QED) is 0.350. The number of nitrogens with one attached hydrogen (secondary N) is 1. The van der Waals surface area contributed by atoms with Gasteiger partial charge in [0.25, 0.3) is 0 Å². The molecule has 9 heteroatoms. The van der Waals surface area contributed by atoms with Gasteiger partial charge in [-0.2, -0.15) is 10.2 Å². The van der Waals surface area contributed by atoms with Gasteiger partial charge in [-0.1, -0.05) is 19.9 Å². The van der Waals surface area contributed by atoms with E-state index in [1.807, 2.05) is 12.3 Å². The normalized spacial score (nSPS) is 17.9. The van der Waals surface area contributed by atoms with Crippen molar-refractivity contribution >= 4 is 5.65 Å². The second kappa shape index (κ2) is 11.1. The first-order valence-electron chi connectivity index (χ1n) is 14.2. The van der Waals surface area contributed by atoms with E-state index in [1.165, 1.54) is 62.8 Å². The third-order valence-electron chi connectivity index (χ3n) is 8.47. The van der Waals surface area contributed by atoms with Gasteiger partial charge in [-0.25, -0.2) is 9.50 Å². The topological polar surface area (TPSA) is 93.5 Å². The molecule has 2 fully saturated rings. The van der Waals surface area contributed by atoms with Crippen LogP contribution in [0.5, 0.6) is 5.75 Å². The molecule has 0 aliphatic carbocycles. The van der Waals surface area contributed by atoms with E-state index in [4.69, 9.17) is 19.6 Å². The molecule has 0 atom stereocenters. The highest BCUT2D eigenvalue weighted by molar-refractivity contribution is 5.76. The first kappa shape index (κ1) is 26.0. The maximum absolute atomic E-state index is 5.60. The lowest BCUT2D eigenvalue weighted by Crippen LogP contribution is -2.38. The van der Waals surface area contributed by atoms with E-state index in [9.17, 15) is 0 Å². The number of aromatic nitrogens is 6. The summed E-state index contributed by atoms with van der Waals surface area (Å²) >= 11 is 0. The van der Waals surface area contributed by atoms with Crippen LogP contribution in [0.25, 0.3) is 28.3 Å². The highest BCUT2D eigenvalue weighted by Crippen LogP contribution is 2.38. The van der Waals surface area contributed by atoms with E-state index in [1.54, 1.807) is 11.6 Å². The zero-order valence-corrected chi connectivity index (χ0v) is 23.5. The summed E-state index contributed by atoms with van der Waals surface area (Å²) in [6.07, 6.45) is 10.4. The Bertz CT molecular complexity index is 1430. The van der Waals surface area contributed by atoms with E-state index in [2.05, 4.69) is 53.1 Å². The van der Waals surface area contributed by atoms with E-state index in [-0.39, 0.29) is 5.92 Å². The van der Waals surface area contributed by atoms with Crippen molar-refractivity contribution in [2.24, 2.45) is 5.92 Å². The molecule has 4 aromatic heterocycles. The van der Waals surface area contributed by atoms with Crippen molar-refractivity contribution in [3.05, 3.63) is 47.5 Å². The van der Waals surface area contributed by atoms with Gasteiger partial charge in [0.15, 0.2) is 11.4 Å². The smallest absolute Gasteiger partial charge is 0.197 e. The number of rotatable bonds is 7. The van der Waals surface area contributed by atoms with E-state index in [0.29, 0.717) is 17.3 Å². The molecule has 6 heterocycles. The van der Waals surface area contributed by atoms with Crippen molar-refractivity contribution in [2.45, 2.75) is 58.3 Å². The molecule has 1 N–H and O–H groups in total. The Morgan fingerprint density at radius 2 is 1.87 bits per heavy atom. The minimum atomic E-state index is 0.243. The van der Waals surface area contributed by atoms with Gasteiger partial charge in [0, 0.05) is 43.3 Å². The molecule has 0 bridgehead atoms. The van der Waals surface area contributed by atoms with Crippen molar-refractivity contribution < 1.29 is 9.47 Å². The molecule has 39 heavy (non-hydrogen) atoms. The van der Waals surface area contributed by atoms with Crippen LogP contribution in [0.4, 0.5) is 0 Å². The summed E-state index contributed by atoms with van der Waals surface area (Å²) in [5.74, 6) is 2.28. The Balaban J connectivity index is 1.23. The number of aryl methyl sites for hydroxylation is 1. The van der Waals surface area contributed by atoms with Gasteiger partial charge in [-0.15, -0.1) is 0 Å². The van der Waals surface area contributed by atoms with Crippen molar-refractivity contribution in [1.82, 2.24) is 34.7 Å². The van der Waals surface area contributed by atoms with Crippen molar-refractivity contribution in [2.75, 3.05) is 40.0 Å². The Morgan fingerprint density at radius 1 is 1.08 bits per heavy atom. The SMILES string of the molecule is COc1cc(-c2[nH]nc(-c3ncc(C4CCN(CC5CCOCC5)CC4)cc3C)c2C(C)C)cn2ncnc12. The third-order valence-corrected chi connectivity index (χ3v) is 8.47. The molecule has 0 aromatic carbocycles. The van der Waals surface area contributed by atoms with Crippen LogP contribution >= 0.6 is 0 Å².